The SMILES string of the molecule is COc1cc(Cl)cc(CNCCC2CCCC2)c1O. The molecule has 1 fully saturated rings. The molecule has 0 amide bonds. The molecule has 0 aliphatic heterocycles. The van der Waals surface area contributed by atoms with Gasteiger partial charge in [-0.3, -0.25) is 0 Å². The van der Waals surface area contributed by atoms with Gasteiger partial charge in [-0.2, -0.15) is 0 Å². The number of phenols is 1. The summed E-state index contributed by atoms with van der Waals surface area (Å²) in [5, 5.41) is 14.0. The van der Waals surface area contributed by atoms with Crippen molar-refractivity contribution in [2.75, 3.05) is 13.7 Å². The standard InChI is InChI=1S/C15H22ClNO2/c1-19-14-9-13(16)8-12(15(14)18)10-17-7-6-11-4-2-3-5-11/h8-9,11,17-18H,2-7,10H2,1H3. The zero-order chi connectivity index (χ0) is 13.7. The number of halogens is 1. The number of aromatic hydroxyl groups is 1. The lowest BCUT2D eigenvalue weighted by Crippen LogP contribution is -2.17. The lowest BCUT2D eigenvalue weighted by Gasteiger charge is -2.12. The Morgan fingerprint density at radius 3 is 2.79 bits per heavy atom. The quantitative estimate of drug-likeness (QED) is 0.782. The largest absolute Gasteiger partial charge is 0.504 e. The van der Waals surface area contributed by atoms with E-state index in [9.17, 15) is 5.11 Å². The smallest absolute Gasteiger partial charge is 0.162 e. The van der Waals surface area contributed by atoms with E-state index < -0.39 is 0 Å². The molecule has 0 spiro atoms. The van der Waals surface area contributed by atoms with Gasteiger partial charge in [0.2, 0.25) is 0 Å². The van der Waals surface area contributed by atoms with Crippen molar-refractivity contribution in [1.29, 1.82) is 0 Å². The minimum absolute atomic E-state index is 0.181. The molecule has 2 rings (SSSR count). The minimum Gasteiger partial charge on any atom is -0.504 e. The molecule has 19 heavy (non-hydrogen) atoms. The monoisotopic (exact) mass is 283 g/mol. The molecule has 0 saturated heterocycles. The van der Waals surface area contributed by atoms with Crippen molar-refractivity contribution in [2.45, 2.75) is 38.6 Å². The second-order valence-corrected chi connectivity index (χ2v) is 5.67. The summed E-state index contributed by atoms with van der Waals surface area (Å²) in [7, 11) is 1.53. The van der Waals surface area contributed by atoms with Crippen LogP contribution in [0, 0.1) is 5.92 Å². The van der Waals surface area contributed by atoms with Crippen LogP contribution in [0.25, 0.3) is 0 Å². The Bertz CT molecular complexity index is 417. The molecule has 0 radical (unpaired) electrons. The molecule has 3 nitrogen and oxygen atoms in total. The van der Waals surface area contributed by atoms with Crippen LogP contribution in [0.5, 0.6) is 11.5 Å². The number of rotatable bonds is 6. The van der Waals surface area contributed by atoms with E-state index in [2.05, 4.69) is 5.32 Å². The van der Waals surface area contributed by atoms with E-state index in [0.29, 0.717) is 17.3 Å². The molecular weight excluding hydrogens is 262 g/mol. The maximum Gasteiger partial charge on any atom is 0.162 e. The number of phenolic OH excluding ortho intramolecular Hbond substituents is 1. The van der Waals surface area contributed by atoms with Crippen molar-refractivity contribution in [1.82, 2.24) is 5.32 Å². The van der Waals surface area contributed by atoms with Crippen LogP contribution in [0.3, 0.4) is 0 Å². The van der Waals surface area contributed by atoms with Gasteiger partial charge in [0.25, 0.3) is 0 Å². The summed E-state index contributed by atoms with van der Waals surface area (Å²) in [6, 6.07) is 3.40. The van der Waals surface area contributed by atoms with E-state index in [-0.39, 0.29) is 5.75 Å². The number of nitrogens with one attached hydrogen (secondary N) is 1. The third kappa shape index (κ3) is 4.02. The zero-order valence-corrected chi connectivity index (χ0v) is 12.2. The fourth-order valence-electron chi connectivity index (χ4n) is 2.75. The topological polar surface area (TPSA) is 41.5 Å². The number of hydrogen-bond acceptors (Lipinski definition) is 3. The average Bonchev–Trinajstić information content (AvgIpc) is 2.91. The number of hydrogen-bond donors (Lipinski definition) is 2. The van der Waals surface area contributed by atoms with E-state index in [1.54, 1.807) is 12.1 Å². The summed E-state index contributed by atoms with van der Waals surface area (Å²) in [4.78, 5) is 0. The highest BCUT2D eigenvalue weighted by molar-refractivity contribution is 6.30. The van der Waals surface area contributed by atoms with Gasteiger partial charge in [-0.15, -0.1) is 0 Å². The Labute approximate surface area is 119 Å². The van der Waals surface area contributed by atoms with Crippen LogP contribution in [0.15, 0.2) is 12.1 Å². The second-order valence-electron chi connectivity index (χ2n) is 5.23. The lowest BCUT2D eigenvalue weighted by atomic mass is 10.0. The predicted octanol–water partition coefficient (Wildman–Crippen LogP) is 3.72. The summed E-state index contributed by atoms with van der Waals surface area (Å²) in [5.41, 5.74) is 0.788. The van der Waals surface area contributed by atoms with Crippen molar-refractivity contribution in [3.8, 4) is 11.5 Å². The van der Waals surface area contributed by atoms with E-state index in [4.69, 9.17) is 16.3 Å². The van der Waals surface area contributed by atoms with Crippen molar-refractivity contribution in [3.05, 3.63) is 22.7 Å². The summed E-state index contributed by atoms with van der Waals surface area (Å²) in [6.07, 6.45) is 6.74. The van der Waals surface area contributed by atoms with E-state index >= 15 is 0 Å². The molecule has 106 valence electrons. The molecule has 0 heterocycles. The second kappa shape index (κ2) is 7.01. The van der Waals surface area contributed by atoms with Gasteiger partial charge in [0, 0.05) is 23.2 Å². The molecule has 1 aromatic carbocycles. The summed E-state index contributed by atoms with van der Waals surface area (Å²) < 4.78 is 5.09. The van der Waals surface area contributed by atoms with Crippen LogP contribution in [-0.4, -0.2) is 18.8 Å². The Hall–Kier alpha value is -0.930. The molecule has 1 aliphatic rings. The fraction of sp³-hybridized carbons (Fsp3) is 0.600. The molecule has 0 bridgehead atoms. The van der Waals surface area contributed by atoms with Gasteiger partial charge in [0.1, 0.15) is 0 Å². The number of ether oxygens (including phenoxy) is 1. The number of methoxy groups -OCH3 is 1. The molecule has 0 unspecified atom stereocenters. The van der Waals surface area contributed by atoms with Crippen LogP contribution < -0.4 is 10.1 Å². The van der Waals surface area contributed by atoms with E-state index in [1.165, 1.54) is 39.2 Å². The van der Waals surface area contributed by atoms with Crippen LogP contribution in [0.4, 0.5) is 0 Å². The van der Waals surface area contributed by atoms with Gasteiger partial charge in [0.05, 0.1) is 7.11 Å². The van der Waals surface area contributed by atoms with Gasteiger partial charge >= 0.3 is 0 Å². The first-order valence-corrected chi connectivity index (χ1v) is 7.34. The average molecular weight is 284 g/mol. The fourth-order valence-corrected chi connectivity index (χ4v) is 2.98. The highest BCUT2D eigenvalue weighted by Gasteiger charge is 2.14. The predicted molar refractivity (Wildman–Crippen MR) is 78.0 cm³/mol. The van der Waals surface area contributed by atoms with Crippen LogP contribution in [-0.2, 0) is 6.54 Å². The van der Waals surface area contributed by atoms with Crippen molar-refractivity contribution >= 4 is 11.6 Å². The van der Waals surface area contributed by atoms with Crippen molar-refractivity contribution in [2.24, 2.45) is 5.92 Å². The Balaban J connectivity index is 1.83. The first-order valence-electron chi connectivity index (χ1n) is 6.97. The Kier molecular flexibility index (Phi) is 5.34. The lowest BCUT2D eigenvalue weighted by molar-refractivity contribution is 0.369. The minimum atomic E-state index is 0.181. The van der Waals surface area contributed by atoms with Crippen molar-refractivity contribution < 1.29 is 9.84 Å². The van der Waals surface area contributed by atoms with Crippen LogP contribution in [0.1, 0.15) is 37.7 Å². The van der Waals surface area contributed by atoms with Crippen LogP contribution >= 0.6 is 11.6 Å². The van der Waals surface area contributed by atoms with Gasteiger partial charge in [0.15, 0.2) is 11.5 Å². The first kappa shape index (κ1) is 14.5. The molecular formula is C15H22ClNO2. The van der Waals surface area contributed by atoms with E-state index in [1.807, 2.05) is 0 Å². The molecule has 0 aromatic heterocycles. The molecule has 2 N–H and O–H groups in total. The number of benzene rings is 1. The normalized spacial score (nSPS) is 15.9. The highest BCUT2D eigenvalue weighted by Crippen LogP contribution is 2.33. The molecule has 0 atom stereocenters. The maximum atomic E-state index is 10.0. The van der Waals surface area contributed by atoms with Crippen molar-refractivity contribution in [3.63, 3.8) is 0 Å². The molecule has 1 aromatic rings. The molecule has 4 heteroatoms. The van der Waals surface area contributed by atoms with E-state index in [0.717, 1.165) is 18.0 Å². The molecule has 1 saturated carbocycles. The Morgan fingerprint density at radius 2 is 2.11 bits per heavy atom. The summed E-state index contributed by atoms with van der Waals surface area (Å²) >= 11 is 6.00. The van der Waals surface area contributed by atoms with Gasteiger partial charge in [-0.25, -0.2) is 0 Å². The summed E-state index contributed by atoms with van der Waals surface area (Å²) in [6.45, 7) is 1.61. The zero-order valence-electron chi connectivity index (χ0n) is 11.4. The third-order valence-corrected chi connectivity index (χ3v) is 4.08. The Morgan fingerprint density at radius 1 is 1.37 bits per heavy atom. The van der Waals surface area contributed by atoms with Gasteiger partial charge in [-0.05, 0) is 24.9 Å². The first-order chi connectivity index (χ1) is 9.20. The van der Waals surface area contributed by atoms with Crippen LogP contribution in [0.2, 0.25) is 5.02 Å². The van der Waals surface area contributed by atoms with Gasteiger partial charge in [-0.1, -0.05) is 37.3 Å². The maximum absolute atomic E-state index is 10.0. The summed E-state index contributed by atoms with van der Waals surface area (Å²) in [5.74, 6) is 1.50. The highest BCUT2D eigenvalue weighted by atomic mass is 35.5. The van der Waals surface area contributed by atoms with Gasteiger partial charge < -0.3 is 15.2 Å². The third-order valence-electron chi connectivity index (χ3n) is 3.86. The molecule has 1 aliphatic carbocycles.